The van der Waals surface area contributed by atoms with E-state index in [1.54, 1.807) is 18.9 Å². The number of amides is 1. The Labute approximate surface area is 120 Å². The first-order valence-corrected chi connectivity index (χ1v) is 7.57. The molecule has 0 unspecified atom stereocenters. The molecule has 0 bridgehead atoms. The lowest BCUT2D eigenvalue weighted by molar-refractivity contribution is -0.130. The minimum absolute atomic E-state index is 0.0236. The summed E-state index contributed by atoms with van der Waals surface area (Å²) in [6.45, 7) is 3.19. The van der Waals surface area contributed by atoms with Gasteiger partial charge in [0.1, 0.15) is 5.37 Å². The van der Waals surface area contributed by atoms with Gasteiger partial charge in [0.2, 0.25) is 5.91 Å². The van der Waals surface area contributed by atoms with Crippen molar-refractivity contribution in [3.05, 3.63) is 34.3 Å². The van der Waals surface area contributed by atoms with Crippen LogP contribution in [0.1, 0.15) is 17.9 Å². The van der Waals surface area contributed by atoms with Gasteiger partial charge in [-0.25, -0.2) is 0 Å². The lowest BCUT2D eigenvalue weighted by atomic mass is 10.2. The Kier molecular flexibility index (Phi) is 4.70. The Morgan fingerprint density at radius 3 is 2.67 bits per heavy atom. The average Bonchev–Trinajstić information content (AvgIpc) is 2.64. The van der Waals surface area contributed by atoms with Gasteiger partial charge in [0.15, 0.2) is 0 Å². The Bertz CT molecular complexity index is 424. The molecule has 2 rings (SSSR count). The molecule has 98 valence electrons. The number of thioether (sulfide) groups is 1. The van der Waals surface area contributed by atoms with Crippen LogP contribution in [-0.4, -0.2) is 36.3 Å². The molecule has 1 amide bonds. The van der Waals surface area contributed by atoms with Gasteiger partial charge in [-0.3, -0.25) is 4.79 Å². The van der Waals surface area contributed by atoms with E-state index in [1.807, 2.05) is 24.0 Å². The number of rotatable bonds is 4. The van der Waals surface area contributed by atoms with E-state index in [4.69, 9.17) is 4.74 Å². The molecule has 1 aliphatic rings. The van der Waals surface area contributed by atoms with Crippen LogP contribution < -0.4 is 0 Å². The monoisotopic (exact) mass is 329 g/mol. The van der Waals surface area contributed by atoms with Gasteiger partial charge in [-0.1, -0.05) is 28.1 Å². The zero-order chi connectivity index (χ0) is 13.1. The molecule has 0 N–H and O–H groups in total. The van der Waals surface area contributed by atoms with Gasteiger partial charge < -0.3 is 9.64 Å². The minimum Gasteiger partial charge on any atom is -0.383 e. The lowest BCUT2D eigenvalue weighted by Crippen LogP contribution is -2.33. The molecule has 3 nitrogen and oxygen atoms in total. The van der Waals surface area contributed by atoms with Crippen molar-refractivity contribution in [3.8, 4) is 0 Å². The first kappa shape index (κ1) is 13.9. The summed E-state index contributed by atoms with van der Waals surface area (Å²) in [5.41, 5.74) is 1.16. The standard InChI is InChI=1S/C13H16BrNO2S/c1-9-12(16)15(7-8-17-2)13(18-9)10-3-5-11(14)6-4-10/h3-6,9,13H,7-8H2,1-2H3/t9-,13+/m0/s1. The number of methoxy groups -OCH3 is 1. The zero-order valence-electron chi connectivity index (χ0n) is 10.4. The molecule has 0 aliphatic carbocycles. The summed E-state index contributed by atoms with van der Waals surface area (Å²) in [7, 11) is 1.66. The van der Waals surface area contributed by atoms with E-state index in [9.17, 15) is 4.79 Å². The number of ether oxygens (including phenoxy) is 1. The third-order valence-corrected chi connectivity index (χ3v) is 4.86. The van der Waals surface area contributed by atoms with Crippen LogP contribution in [0.5, 0.6) is 0 Å². The molecular formula is C13H16BrNO2S. The number of halogens is 1. The maximum Gasteiger partial charge on any atom is 0.236 e. The van der Waals surface area contributed by atoms with E-state index in [-0.39, 0.29) is 16.5 Å². The molecule has 18 heavy (non-hydrogen) atoms. The molecule has 1 fully saturated rings. The first-order valence-electron chi connectivity index (χ1n) is 5.84. The van der Waals surface area contributed by atoms with Crippen LogP contribution in [0.4, 0.5) is 0 Å². The van der Waals surface area contributed by atoms with Gasteiger partial charge in [-0.05, 0) is 24.6 Å². The molecular weight excluding hydrogens is 314 g/mol. The van der Waals surface area contributed by atoms with Crippen molar-refractivity contribution < 1.29 is 9.53 Å². The number of carbonyl (C=O) groups excluding carboxylic acids is 1. The van der Waals surface area contributed by atoms with Crippen molar-refractivity contribution >= 4 is 33.6 Å². The highest BCUT2D eigenvalue weighted by Gasteiger charge is 2.37. The summed E-state index contributed by atoms with van der Waals surface area (Å²) >= 11 is 5.12. The van der Waals surface area contributed by atoms with Crippen molar-refractivity contribution in [3.63, 3.8) is 0 Å². The summed E-state index contributed by atoms with van der Waals surface area (Å²) in [6.07, 6.45) is 0. The van der Waals surface area contributed by atoms with Gasteiger partial charge in [-0.15, -0.1) is 11.8 Å². The molecule has 5 heteroatoms. The highest BCUT2D eigenvalue weighted by Crippen LogP contribution is 2.42. The second-order valence-electron chi connectivity index (χ2n) is 4.21. The molecule has 2 atom stereocenters. The summed E-state index contributed by atoms with van der Waals surface area (Å²) in [5, 5.41) is 0.131. The van der Waals surface area contributed by atoms with Gasteiger partial charge in [0, 0.05) is 18.1 Å². The van der Waals surface area contributed by atoms with Crippen LogP contribution in [0.2, 0.25) is 0 Å². The first-order chi connectivity index (χ1) is 8.63. The number of nitrogens with zero attached hydrogens (tertiary/aromatic N) is 1. The molecule has 0 aromatic heterocycles. The van der Waals surface area contributed by atoms with E-state index in [1.165, 1.54) is 0 Å². The topological polar surface area (TPSA) is 29.5 Å². The van der Waals surface area contributed by atoms with Crippen LogP contribution in [0.25, 0.3) is 0 Å². The molecule has 0 saturated carbocycles. The minimum atomic E-state index is 0.0236. The van der Waals surface area contributed by atoms with Crippen LogP contribution >= 0.6 is 27.7 Å². The second kappa shape index (κ2) is 6.08. The van der Waals surface area contributed by atoms with Gasteiger partial charge in [0.05, 0.1) is 11.9 Å². The largest absolute Gasteiger partial charge is 0.383 e. The van der Waals surface area contributed by atoms with Crippen LogP contribution in [0.3, 0.4) is 0 Å². The third kappa shape index (κ3) is 2.90. The van der Waals surface area contributed by atoms with E-state index >= 15 is 0 Å². The van der Waals surface area contributed by atoms with E-state index in [2.05, 4.69) is 28.1 Å². The maximum absolute atomic E-state index is 12.1. The summed E-state index contributed by atoms with van der Waals surface area (Å²) in [4.78, 5) is 14.0. The number of hydrogen-bond acceptors (Lipinski definition) is 3. The molecule has 1 aromatic rings. The maximum atomic E-state index is 12.1. The Balaban J connectivity index is 2.19. The number of carbonyl (C=O) groups is 1. The van der Waals surface area contributed by atoms with E-state index in [0.29, 0.717) is 13.2 Å². The molecule has 1 aliphatic heterocycles. The highest BCUT2D eigenvalue weighted by molar-refractivity contribution is 9.10. The van der Waals surface area contributed by atoms with Crippen LogP contribution in [-0.2, 0) is 9.53 Å². The Morgan fingerprint density at radius 1 is 1.39 bits per heavy atom. The molecule has 0 radical (unpaired) electrons. The van der Waals surface area contributed by atoms with Gasteiger partial charge in [0.25, 0.3) is 0 Å². The van der Waals surface area contributed by atoms with Crippen molar-refractivity contribution in [2.24, 2.45) is 0 Å². The fourth-order valence-electron chi connectivity index (χ4n) is 1.98. The number of benzene rings is 1. The lowest BCUT2D eigenvalue weighted by Gasteiger charge is -2.23. The summed E-state index contributed by atoms with van der Waals surface area (Å²) in [5.74, 6) is 0.199. The van der Waals surface area contributed by atoms with Gasteiger partial charge in [-0.2, -0.15) is 0 Å². The molecule has 1 heterocycles. The SMILES string of the molecule is COCCN1C(=O)[C@H](C)S[C@@H]1c1ccc(Br)cc1. The summed E-state index contributed by atoms with van der Waals surface area (Å²) in [6, 6.07) is 8.15. The Morgan fingerprint density at radius 2 is 2.06 bits per heavy atom. The smallest absolute Gasteiger partial charge is 0.236 e. The number of hydrogen-bond donors (Lipinski definition) is 0. The predicted molar refractivity (Wildman–Crippen MR) is 77.5 cm³/mol. The second-order valence-corrected chi connectivity index (χ2v) is 6.55. The molecule has 1 aromatic carbocycles. The summed E-state index contributed by atoms with van der Waals surface area (Å²) < 4.78 is 6.13. The van der Waals surface area contributed by atoms with Crippen LogP contribution in [0.15, 0.2) is 28.7 Å². The van der Waals surface area contributed by atoms with Gasteiger partial charge >= 0.3 is 0 Å². The van der Waals surface area contributed by atoms with Crippen molar-refractivity contribution in [2.75, 3.05) is 20.3 Å². The van der Waals surface area contributed by atoms with Crippen LogP contribution in [0, 0.1) is 0 Å². The van der Waals surface area contributed by atoms with Crippen molar-refractivity contribution in [1.29, 1.82) is 0 Å². The Hall–Kier alpha value is -0.520. The van der Waals surface area contributed by atoms with E-state index < -0.39 is 0 Å². The fraction of sp³-hybridized carbons (Fsp3) is 0.462. The molecule has 1 saturated heterocycles. The quantitative estimate of drug-likeness (QED) is 0.850. The van der Waals surface area contributed by atoms with Crippen molar-refractivity contribution in [1.82, 2.24) is 4.90 Å². The van der Waals surface area contributed by atoms with E-state index in [0.717, 1.165) is 10.0 Å². The normalized spacial score (nSPS) is 23.7. The zero-order valence-corrected chi connectivity index (χ0v) is 12.8. The third-order valence-electron chi connectivity index (χ3n) is 2.94. The molecule has 0 spiro atoms. The van der Waals surface area contributed by atoms with Crippen molar-refractivity contribution in [2.45, 2.75) is 17.5 Å². The fourth-order valence-corrected chi connectivity index (χ4v) is 3.55. The highest BCUT2D eigenvalue weighted by atomic mass is 79.9. The predicted octanol–water partition coefficient (Wildman–Crippen LogP) is 3.06. The average molecular weight is 330 g/mol.